The lowest BCUT2D eigenvalue weighted by atomic mass is 9.95. The summed E-state index contributed by atoms with van der Waals surface area (Å²) in [6, 6.07) is 10.4. The average molecular weight is 391 g/mol. The second-order valence-electron chi connectivity index (χ2n) is 7.78. The summed E-state index contributed by atoms with van der Waals surface area (Å²) in [5, 5.41) is 2.28. The molecule has 0 atom stereocenters. The van der Waals surface area contributed by atoms with Crippen molar-refractivity contribution in [3.05, 3.63) is 58.9 Å². The maximum atomic E-state index is 13.0. The molecule has 0 radical (unpaired) electrons. The van der Waals surface area contributed by atoms with E-state index in [9.17, 15) is 14.4 Å². The van der Waals surface area contributed by atoms with Crippen molar-refractivity contribution < 1.29 is 14.4 Å². The molecule has 4 rings (SSSR count). The summed E-state index contributed by atoms with van der Waals surface area (Å²) < 4.78 is 2.33. The van der Waals surface area contributed by atoms with Gasteiger partial charge in [0.2, 0.25) is 0 Å². The van der Waals surface area contributed by atoms with Gasteiger partial charge in [-0.25, -0.2) is 9.69 Å². The number of rotatable bonds is 3. The molecule has 1 aliphatic heterocycles. The van der Waals surface area contributed by atoms with E-state index in [1.165, 1.54) is 19.3 Å². The van der Waals surface area contributed by atoms with Crippen LogP contribution < -0.4 is 10.2 Å². The number of nitrogens with one attached hydrogen (secondary N) is 1. The number of anilines is 1. The Morgan fingerprint density at radius 3 is 2.38 bits per heavy atom. The van der Waals surface area contributed by atoms with E-state index >= 15 is 0 Å². The summed E-state index contributed by atoms with van der Waals surface area (Å²) in [7, 11) is 0. The lowest BCUT2D eigenvalue weighted by molar-refractivity contribution is -0.122. The summed E-state index contributed by atoms with van der Waals surface area (Å²) in [5.41, 5.74) is 3.42. The number of carbonyl (C=O) groups is 3. The van der Waals surface area contributed by atoms with Crippen LogP contribution in [-0.4, -0.2) is 22.4 Å². The molecule has 1 aromatic heterocycles. The Labute approximate surface area is 170 Å². The molecule has 1 saturated heterocycles. The number of amides is 4. The molecular formula is C23H25N3O3. The summed E-state index contributed by atoms with van der Waals surface area (Å²) in [6.45, 7) is 4.09. The first-order valence-electron chi connectivity index (χ1n) is 10.1. The monoisotopic (exact) mass is 391 g/mol. The maximum Gasteiger partial charge on any atom is 0.335 e. The average Bonchev–Trinajstić information content (AvgIpc) is 2.99. The number of aryl methyl sites for hydroxylation is 1. The highest BCUT2D eigenvalue weighted by Gasteiger charge is 2.37. The molecule has 150 valence electrons. The van der Waals surface area contributed by atoms with E-state index in [0.29, 0.717) is 11.7 Å². The molecule has 0 bridgehead atoms. The molecule has 2 aliphatic rings. The molecule has 4 amide bonds. The second kappa shape index (κ2) is 7.70. The zero-order valence-corrected chi connectivity index (χ0v) is 16.8. The van der Waals surface area contributed by atoms with Gasteiger partial charge in [0.15, 0.2) is 0 Å². The van der Waals surface area contributed by atoms with Crippen molar-refractivity contribution in [1.29, 1.82) is 0 Å². The van der Waals surface area contributed by atoms with Gasteiger partial charge in [-0.3, -0.25) is 14.9 Å². The van der Waals surface area contributed by atoms with E-state index < -0.39 is 17.8 Å². The Morgan fingerprint density at radius 1 is 1.00 bits per heavy atom. The number of imide groups is 2. The Bertz CT molecular complexity index is 998. The van der Waals surface area contributed by atoms with Crippen molar-refractivity contribution in [1.82, 2.24) is 9.88 Å². The normalized spacial score (nSPS) is 19.7. The summed E-state index contributed by atoms with van der Waals surface area (Å²) in [6.07, 6.45) is 7.66. The van der Waals surface area contributed by atoms with E-state index in [1.807, 2.05) is 13.0 Å². The minimum atomic E-state index is -0.726. The zero-order chi connectivity index (χ0) is 20.5. The molecule has 2 fully saturated rings. The van der Waals surface area contributed by atoms with Crippen molar-refractivity contribution in [2.75, 3.05) is 4.90 Å². The Hall–Kier alpha value is -3.15. The number of barbiturate groups is 1. The lowest BCUT2D eigenvalue weighted by Gasteiger charge is -2.27. The Morgan fingerprint density at radius 2 is 1.69 bits per heavy atom. The Balaban J connectivity index is 1.71. The van der Waals surface area contributed by atoms with E-state index in [4.69, 9.17) is 0 Å². The van der Waals surface area contributed by atoms with Gasteiger partial charge < -0.3 is 4.57 Å². The minimum absolute atomic E-state index is 0.0302. The largest absolute Gasteiger partial charge is 0.346 e. The highest BCUT2D eigenvalue weighted by molar-refractivity contribution is 6.39. The van der Waals surface area contributed by atoms with Gasteiger partial charge >= 0.3 is 6.03 Å². The number of carbonyl (C=O) groups excluding carboxylic acids is 3. The van der Waals surface area contributed by atoms with Gasteiger partial charge in [0.25, 0.3) is 11.8 Å². The number of hydrogen-bond acceptors (Lipinski definition) is 3. The summed E-state index contributed by atoms with van der Waals surface area (Å²) in [4.78, 5) is 38.8. The molecule has 6 nitrogen and oxygen atoms in total. The summed E-state index contributed by atoms with van der Waals surface area (Å²) in [5.74, 6) is -1.26. The van der Waals surface area contributed by atoms with Crippen LogP contribution in [0.5, 0.6) is 0 Å². The van der Waals surface area contributed by atoms with E-state index in [2.05, 4.69) is 16.8 Å². The van der Waals surface area contributed by atoms with Crippen LogP contribution in [0.3, 0.4) is 0 Å². The van der Waals surface area contributed by atoms with Crippen LogP contribution in [0, 0.1) is 13.8 Å². The SMILES string of the molecule is Cc1cc(/C=C2\C(=O)NC(=O)N(c3ccccc3)C2=O)c(C)n1C1CCCCC1. The zero-order valence-electron chi connectivity index (χ0n) is 16.8. The van der Waals surface area contributed by atoms with Crippen molar-refractivity contribution >= 4 is 29.6 Å². The molecule has 1 aliphatic carbocycles. The number of nitrogens with zero attached hydrogens (tertiary/aromatic N) is 2. The van der Waals surface area contributed by atoms with E-state index in [0.717, 1.165) is 34.7 Å². The second-order valence-corrected chi connectivity index (χ2v) is 7.78. The van der Waals surface area contributed by atoms with Crippen LogP contribution in [0.25, 0.3) is 6.08 Å². The summed E-state index contributed by atoms with van der Waals surface area (Å²) >= 11 is 0. The van der Waals surface area contributed by atoms with Crippen LogP contribution in [-0.2, 0) is 9.59 Å². The molecule has 0 unspecified atom stereocenters. The molecule has 2 aromatic rings. The fraction of sp³-hybridized carbons (Fsp3) is 0.348. The molecule has 29 heavy (non-hydrogen) atoms. The number of aromatic nitrogens is 1. The van der Waals surface area contributed by atoms with Gasteiger partial charge in [0, 0.05) is 17.4 Å². The molecule has 1 aromatic carbocycles. The molecule has 2 heterocycles. The third kappa shape index (κ3) is 3.50. The maximum absolute atomic E-state index is 13.0. The van der Waals surface area contributed by atoms with Gasteiger partial charge in [0.05, 0.1) is 5.69 Å². The van der Waals surface area contributed by atoms with Gasteiger partial charge in [-0.05, 0) is 56.5 Å². The molecule has 6 heteroatoms. The topological polar surface area (TPSA) is 71.4 Å². The predicted octanol–water partition coefficient (Wildman–Crippen LogP) is 4.28. The fourth-order valence-electron chi connectivity index (χ4n) is 4.47. The fourth-order valence-corrected chi connectivity index (χ4v) is 4.47. The molecule has 1 saturated carbocycles. The predicted molar refractivity (Wildman–Crippen MR) is 111 cm³/mol. The van der Waals surface area contributed by atoms with Crippen molar-refractivity contribution in [2.24, 2.45) is 0 Å². The number of urea groups is 1. The minimum Gasteiger partial charge on any atom is -0.346 e. The third-order valence-electron chi connectivity index (χ3n) is 5.88. The van der Waals surface area contributed by atoms with Crippen LogP contribution in [0.2, 0.25) is 0 Å². The van der Waals surface area contributed by atoms with Crippen molar-refractivity contribution in [2.45, 2.75) is 52.0 Å². The Kier molecular flexibility index (Phi) is 5.09. The van der Waals surface area contributed by atoms with Crippen LogP contribution in [0.4, 0.5) is 10.5 Å². The van der Waals surface area contributed by atoms with Gasteiger partial charge in [-0.1, -0.05) is 37.5 Å². The molecule has 0 spiro atoms. The highest BCUT2D eigenvalue weighted by atomic mass is 16.2. The number of hydrogen-bond donors (Lipinski definition) is 1. The van der Waals surface area contributed by atoms with Gasteiger partial charge in [0.1, 0.15) is 5.57 Å². The van der Waals surface area contributed by atoms with Crippen molar-refractivity contribution in [3.63, 3.8) is 0 Å². The molecule has 1 N–H and O–H groups in total. The van der Waals surface area contributed by atoms with Crippen LogP contribution in [0.1, 0.15) is 55.1 Å². The van der Waals surface area contributed by atoms with E-state index in [-0.39, 0.29) is 5.57 Å². The first kappa shape index (κ1) is 19.2. The quantitative estimate of drug-likeness (QED) is 0.627. The standard InChI is InChI=1S/C23H25N3O3/c1-15-13-17(16(2)25(15)18-9-5-3-6-10-18)14-20-21(27)24-23(29)26(22(20)28)19-11-7-4-8-12-19/h4,7-8,11-14,18H,3,5-6,9-10H2,1-2H3,(H,24,27,29)/b20-14+. The molecular weight excluding hydrogens is 366 g/mol. The van der Waals surface area contributed by atoms with Gasteiger partial charge in [-0.2, -0.15) is 0 Å². The first-order chi connectivity index (χ1) is 14.0. The number of benzene rings is 1. The van der Waals surface area contributed by atoms with Crippen molar-refractivity contribution in [3.8, 4) is 0 Å². The third-order valence-corrected chi connectivity index (χ3v) is 5.88. The smallest absolute Gasteiger partial charge is 0.335 e. The first-order valence-corrected chi connectivity index (χ1v) is 10.1. The van der Waals surface area contributed by atoms with Crippen LogP contribution in [0.15, 0.2) is 42.0 Å². The van der Waals surface area contributed by atoms with Crippen LogP contribution >= 0.6 is 0 Å². The van der Waals surface area contributed by atoms with E-state index in [1.54, 1.807) is 36.4 Å². The van der Waals surface area contributed by atoms with Gasteiger partial charge in [-0.15, -0.1) is 0 Å². The highest BCUT2D eigenvalue weighted by Crippen LogP contribution is 2.33. The number of para-hydroxylation sites is 1. The lowest BCUT2D eigenvalue weighted by Crippen LogP contribution is -2.54.